The number of halogens is 1. The second-order valence-corrected chi connectivity index (χ2v) is 5.10. The molecule has 0 amide bonds. The van der Waals surface area contributed by atoms with Gasteiger partial charge in [-0.15, -0.1) is 0 Å². The molecule has 1 heterocycles. The van der Waals surface area contributed by atoms with Gasteiger partial charge in [-0.05, 0) is 40.8 Å². The molecule has 0 aliphatic rings. The Balaban J connectivity index is 2.87. The first-order valence-corrected chi connectivity index (χ1v) is 5.59. The molecule has 0 unspecified atom stereocenters. The van der Waals surface area contributed by atoms with Gasteiger partial charge in [0.05, 0.1) is 3.79 Å². The van der Waals surface area contributed by atoms with Gasteiger partial charge in [0, 0.05) is 12.1 Å². The standard InChI is InChI=1S/C8H12BrNOS/c1-3-4-5-10-8(11)6(2)7(9)12-10/h3-5H2,1-2H3. The molecule has 0 fully saturated rings. The van der Waals surface area contributed by atoms with Gasteiger partial charge in [0.2, 0.25) is 0 Å². The molecule has 0 aromatic carbocycles. The van der Waals surface area contributed by atoms with Crippen molar-refractivity contribution in [3.8, 4) is 0 Å². The molecule has 0 spiro atoms. The van der Waals surface area contributed by atoms with Gasteiger partial charge >= 0.3 is 0 Å². The van der Waals surface area contributed by atoms with Crippen LogP contribution in [0, 0.1) is 6.92 Å². The lowest BCUT2D eigenvalue weighted by atomic mass is 10.3. The highest BCUT2D eigenvalue weighted by molar-refractivity contribution is 9.11. The molecule has 0 bridgehead atoms. The van der Waals surface area contributed by atoms with E-state index >= 15 is 0 Å². The lowest BCUT2D eigenvalue weighted by Crippen LogP contribution is -2.14. The van der Waals surface area contributed by atoms with Crippen LogP contribution >= 0.6 is 27.5 Å². The van der Waals surface area contributed by atoms with Gasteiger partial charge in [0.15, 0.2) is 0 Å². The number of unbranched alkanes of at least 4 members (excludes halogenated alkanes) is 1. The molecule has 0 N–H and O–H groups in total. The molecule has 1 aromatic heterocycles. The Morgan fingerprint density at radius 2 is 2.25 bits per heavy atom. The predicted molar refractivity (Wildman–Crippen MR) is 55.9 cm³/mol. The summed E-state index contributed by atoms with van der Waals surface area (Å²) >= 11 is 4.86. The van der Waals surface area contributed by atoms with Gasteiger partial charge in [-0.25, -0.2) is 0 Å². The van der Waals surface area contributed by atoms with Crippen LogP contribution in [-0.2, 0) is 6.54 Å². The van der Waals surface area contributed by atoms with Gasteiger partial charge in [-0.2, -0.15) is 0 Å². The molecule has 0 aliphatic carbocycles. The second-order valence-electron chi connectivity index (χ2n) is 2.75. The van der Waals surface area contributed by atoms with Crippen LogP contribution < -0.4 is 5.56 Å². The highest BCUT2D eigenvalue weighted by atomic mass is 79.9. The zero-order valence-electron chi connectivity index (χ0n) is 7.26. The summed E-state index contributed by atoms with van der Waals surface area (Å²) in [5.74, 6) is 0. The van der Waals surface area contributed by atoms with Crippen LogP contribution in [0.4, 0.5) is 0 Å². The SMILES string of the molecule is CCCCn1sc(Br)c(C)c1=O. The average Bonchev–Trinajstić information content (AvgIpc) is 2.30. The maximum absolute atomic E-state index is 11.4. The topological polar surface area (TPSA) is 22.0 Å². The van der Waals surface area contributed by atoms with Crippen molar-refractivity contribution in [2.45, 2.75) is 33.2 Å². The molecular formula is C8H12BrNOS. The van der Waals surface area contributed by atoms with E-state index in [0.717, 1.165) is 28.7 Å². The minimum Gasteiger partial charge on any atom is -0.268 e. The molecule has 2 nitrogen and oxygen atoms in total. The van der Waals surface area contributed by atoms with Crippen molar-refractivity contribution in [2.75, 3.05) is 0 Å². The third-order valence-electron chi connectivity index (χ3n) is 1.75. The molecule has 4 heteroatoms. The lowest BCUT2D eigenvalue weighted by Gasteiger charge is -1.95. The Morgan fingerprint density at radius 1 is 1.58 bits per heavy atom. The van der Waals surface area contributed by atoms with Gasteiger partial charge in [-0.3, -0.25) is 8.75 Å². The highest BCUT2D eigenvalue weighted by Gasteiger charge is 2.06. The van der Waals surface area contributed by atoms with E-state index in [1.807, 2.05) is 10.9 Å². The number of rotatable bonds is 3. The first kappa shape index (κ1) is 9.99. The summed E-state index contributed by atoms with van der Waals surface area (Å²) in [6, 6.07) is 0. The summed E-state index contributed by atoms with van der Waals surface area (Å²) < 4.78 is 2.77. The quantitative estimate of drug-likeness (QED) is 0.808. The minimum atomic E-state index is 0.153. The normalized spacial score (nSPS) is 10.6. The van der Waals surface area contributed by atoms with Crippen molar-refractivity contribution >= 4 is 27.5 Å². The number of hydrogen-bond acceptors (Lipinski definition) is 2. The van der Waals surface area contributed by atoms with E-state index in [4.69, 9.17) is 0 Å². The molecule has 0 atom stereocenters. The van der Waals surface area contributed by atoms with Crippen LogP contribution in [0.5, 0.6) is 0 Å². The molecule has 0 saturated heterocycles. The van der Waals surface area contributed by atoms with Crippen LogP contribution in [-0.4, -0.2) is 3.96 Å². The third kappa shape index (κ3) is 1.98. The average molecular weight is 250 g/mol. The van der Waals surface area contributed by atoms with Crippen LogP contribution in [0.15, 0.2) is 8.58 Å². The van der Waals surface area contributed by atoms with Crippen LogP contribution in [0.2, 0.25) is 0 Å². The van der Waals surface area contributed by atoms with E-state index in [1.165, 1.54) is 11.5 Å². The molecule has 0 radical (unpaired) electrons. The van der Waals surface area contributed by atoms with Gasteiger partial charge in [0.25, 0.3) is 5.56 Å². The maximum Gasteiger partial charge on any atom is 0.264 e. The summed E-state index contributed by atoms with van der Waals surface area (Å²) in [7, 11) is 0. The summed E-state index contributed by atoms with van der Waals surface area (Å²) in [5, 5.41) is 0. The van der Waals surface area contributed by atoms with Crippen molar-refractivity contribution in [1.82, 2.24) is 3.96 Å². The van der Waals surface area contributed by atoms with E-state index in [9.17, 15) is 4.79 Å². The zero-order valence-corrected chi connectivity index (χ0v) is 9.67. The van der Waals surface area contributed by atoms with E-state index < -0.39 is 0 Å². The smallest absolute Gasteiger partial charge is 0.264 e. The third-order valence-corrected chi connectivity index (χ3v) is 3.81. The number of nitrogens with zero attached hydrogens (tertiary/aromatic N) is 1. The summed E-state index contributed by atoms with van der Waals surface area (Å²) in [5.41, 5.74) is 0.983. The monoisotopic (exact) mass is 249 g/mol. The van der Waals surface area contributed by atoms with Gasteiger partial charge < -0.3 is 0 Å². The molecule has 0 saturated carbocycles. The van der Waals surface area contributed by atoms with Crippen molar-refractivity contribution in [1.29, 1.82) is 0 Å². The Kier molecular flexibility index (Phi) is 3.53. The largest absolute Gasteiger partial charge is 0.268 e. The Labute approximate surface area is 84.5 Å². The summed E-state index contributed by atoms with van der Waals surface area (Å²) in [6.45, 7) is 4.83. The molecule has 68 valence electrons. The van der Waals surface area contributed by atoms with Crippen LogP contribution in [0.3, 0.4) is 0 Å². The van der Waals surface area contributed by atoms with Gasteiger partial charge in [0.1, 0.15) is 0 Å². The first-order chi connectivity index (χ1) is 5.66. The summed E-state index contributed by atoms with van der Waals surface area (Å²) in [4.78, 5) is 11.4. The summed E-state index contributed by atoms with van der Waals surface area (Å²) in [6.07, 6.45) is 2.20. The second kappa shape index (κ2) is 4.23. The highest BCUT2D eigenvalue weighted by Crippen LogP contribution is 2.18. The van der Waals surface area contributed by atoms with Crippen molar-refractivity contribution < 1.29 is 0 Å². The fourth-order valence-corrected chi connectivity index (χ4v) is 2.48. The van der Waals surface area contributed by atoms with E-state index in [1.54, 1.807) is 0 Å². The van der Waals surface area contributed by atoms with E-state index in [2.05, 4.69) is 22.9 Å². The van der Waals surface area contributed by atoms with Crippen LogP contribution in [0.25, 0.3) is 0 Å². The van der Waals surface area contributed by atoms with E-state index in [0.29, 0.717) is 0 Å². The molecule has 1 rings (SSSR count). The zero-order chi connectivity index (χ0) is 9.14. The predicted octanol–water partition coefficient (Wildman–Crippen LogP) is 2.78. The van der Waals surface area contributed by atoms with Gasteiger partial charge in [-0.1, -0.05) is 13.3 Å². The number of aromatic nitrogens is 1. The Hall–Kier alpha value is -0.0900. The molecule has 1 aromatic rings. The van der Waals surface area contributed by atoms with Crippen molar-refractivity contribution in [3.05, 3.63) is 19.7 Å². The van der Waals surface area contributed by atoms with E-state index in [-0.39, 0.29) is 5.56 Å². The lowest BCUT2D eigenvalue weighted by molar-refractivity contribution is 0.656. The first-order valence-electron chi connectivity index (χ1n) is 4.03. The van der Waals surface area contributed by atoms with Crippen molar-refractivity contribution in [2.24, 2.45) is 0 Å². The fraction of sp³-hybridized carbons (Fsp3) is 0.625. The molecular weight excluding hydrogens is 238 g/mol. The maximum atomic E-state index is 11.4. The van der Waals surface area contributed by atoms with Crippen LogP contribution in [0.1, 0.15) is 25.3 Å². The number of aryl methyl sites for hydroxylation is 1. The Morgan fingerprint density at radius 3 is 2.67 bits per heavy atom. The Bertz CT molecular complexity index is 315. The van der Waals surface area contributed by atoms with Crippen molar-refractivity contribution in [3.63, 3.8) is 0 Å². The minimum absolute atomic E-state index is 0.153. The molecule has 0 aliphatic heterocycles. The number of hydrogen-bond donors (Lipinski definition) is 0. The fourth-order valence-electron chi connectivity index (χ4n) is 0.927. The molecule has 12 heavy (non-hydrogen) atoms.